The molecule has 3 aliphatic rings. The van der Waals surface area contributed by atoms with Gasteiger partial charge in [-0.1, -0.05) is 54.6 Å². The third-order valence-electron chi connectivity index (χ3n) is 6.84. The highest BCUT2D eigenvalue weighted by Gasteiger charge is 2.53. The fourth-order valence-corrected chi connectivity index (χ4v) is 6.91. The largest absolute Gasteiger partial charge is 0.457 e. The summed E-state index contributed by atoms with van der Waals surface area (Å²) < 4.78 is 26.2. The quantitative estimate of drug-likeness (QED) is 0.249. The van der Waals surface area contributed by atoms with Crippen molar-refractivity contribution >= 4 is 8.38 Å². The molecule has 0 amide bonds. The van der Waals surface area contributed by atoms with Gasteiger partial charge in [0, 0.05) is 16.7 Å². The van der Waals surface area contributed by atoms with Crippen LogP contribution in [0.5, 0.6) is 28.7 Å². The summed E-state index contributed by atoms with van der Waals surface area (Å²) in [7, 11) is 2.86. The van der Waals surface area contributed by atoms with Crippen molar-refractivity contribution in [3.63, 3.8) is 0 Å². The third kappa shape index (κ3) is 2.99. The lowest BCUT2D eigenvalue weighted by atomic mass is 9.61. The maximum Gasteiger partial charge on any atom is 0.245 e. The maximum atomic E-state index is 6.71. The molecule has 3 heterocycles. The van der Waals surface area contributed by atoms with Gasteiger partial charge in [-0.05, 0) is 50.0 Å². The molecule has 174 valence electrons. The Hall–Kier alpha value is -3.37. The second-order valence-electron chi connectivity index (χ2n) is 9.28. The van der Waals surface area contributed by atoms with Crippen molar-refractivity contribution < 1.29 is 18.5 Å². The molecule has 35 heavy (non-hydrogen) atoms. The standard InChI is InChI=1S/C29H24NO4P/c1-30(2)18-35-31-17-19-9-7-14-24-27(19)29(20-10-3-5-12-22(20)32-24)21-11-4-6-13-23(21)33-25-15-8-16-26(34-35)28(25)29/h3-16H,17-18H2,1-2H3/t29-,35?/m0/s1. The van der Waals surface area contributed by atoms with Crippen LogP contribution < -0.4 is 14.0 Å². The van der Waals surface area contributed by atoms with Crippen LogP contribution in [0.4, 0.5) is 0 Å². The highest BCUT2D eigenvalue weighted by atomic mass is 31.2. The highest BCUT2D eigenvalue weighted by molar-refractivity contribution is 7.47. The molecule has 0 fully saturated rings. The molecule has 4 aromatic rings. The predicted octanol–water partition coefficient (Wildman–Crippen LogP) is 7.02. The number of hydrogen-bond donors (Lipinski definition) is 0. The molecule has 2 atom stereocenters. The first kappa shape index (κ1) is 21.0. The van der Waals surface area contributed by atoms with Crippen LogP contribution in [0, 0.1) is 0 Å². The van der Waals surface area contributed by atoms with Crippen molar-refractivity contribution in [1.82, 2.24) is 4.90 Å². The van der Waals surface area contributed by atoms with Gasteiger partial charge in [0.1, 0.15) is 28.7 Å². The number of benzene rings is 4. The molecule has 1 spiro atoms. The Kier molecular flexibility index (Phi) is 4.68. The molecule has 0 saturated heterocycles. The first-order valence-electron chi connectivity index (χ1n) is 11.7. The van der Waals surface area contributed by atoms with Gasteiger partial charge in [-0.2, -0.15) is 0 Å². The summed E-state index contributed by atoms with van der Waals surface area (Å²) in [6.07, 6.45) is 0.686. The van der Waals surface area contributed by atoms with Crippen molar-refractivity contribution in [1.29, 1.82) is 0 Å². The highest BCUT2D eigenvalue weighted by Crippen LogP contribution is 2.65. The topological polar surface area (TPSA) is 40.2 Å². The molecule has 0 aromatic heterocycles. The molecule has 6 heteroatoms. The summed E-state index contributed by atoms with van der Waals surface area (Å²) in [5.74, 6) is 4.08. The molecular weight excluding hydrogens is 457 g/mol. The summed E-state index contributed by atoms with van der Waals surface area (Å²) >= 11 is 0. The number of fused-ring (bicyclic) bond motifs is 2. The minimum atomic E-state index is -1.22. The van der Waals surface area contributed by atoms with E-state index < -0.39 is 13.8 Å². The van der Waals surface area contributed by atoms with Crippen LogP contribution in [-0.2, 0) is 16.5 Å². The Morgan fingerprint density at radius 2 is 1.26 bits per heavy atom. The van der Waals surface area contributed by atoms with Crippen LogP contribution in [0.15, 0.2) is 84.9 Å². The van der Waals surface area contributed by atoms with Gasteiger partial charge in [-0.25, -0.2) is 0 Å². The number of hydrogen-bond acceptors (Lipinski definition) is 5. The van der Waals surface area contributed by atoms with Gasteiger partial charge in [0.25, 0.3) is 0 Å². The molecule has 0 saturated carbocycles. The SMILES string of the molecule is CN(C)CP1OCc2cccc3c2[C@]2(c4ccccc4O3)c3ccccc3Oc3cccc(c32)O1. The minimum Gasteiger partial charge on any atom is -0.457 e. The van der Waals surface area contributed by atoms with Gasteiger partial charge in [0.05, 0.1) is 23.9 Å². The smallest absolute Gasteiger partial charge is 0.245 e. The van der Waals surface area contributed by atoms with Crippen molar-refractivity contribution in [2.24, 2.45) is 0 Å². The van der Waals surface area contributed by atoms with Gasteiger partial charge in [0.2, 0.25) is 8.38 Å². The number of para-hydroxylation sites is 2. The molecule has 0 radical (unpaired) electrons. The molecule has 4 aromatic carbocycles. The molecule has 5 nitrogen and oxygen atoms in total. The van der Waals surface area contributed by atoms with E-state index in [4.69, 9.17) is 18.5 Å². The van der Waals surface area contributed by atoms with E-state index in [-0.39, 0.29) is 0 Å². The Labute approximate surface area is 205 Å². The predicted molar refractivity (Wildman–Crippen MR) is 136 cm³/mol. The monoisotopic (exact) mass is 481 g/mol. The molecule has 0 aliphatic carbocycles. The average molecular weight is 481 g/mol. The lowest BCUT2D eigenvalue weighted by Crippen LogP contribution is -2.38. The van der Waals surface area contributed by atoms with E-state index in [0.717, 1.165) is 56.6 Å². The summed E-state index contributed by atoms with van der Waals surface area (Å²) in [5.41, 5.74) is 4.66. The molecule has 3 aliphatic heterocycles. The van der Waals surface area contributed by atoms with Crippen LogP contribution in [0.1, 0.15) is 27.8 Å². The molecular formula is C29H24NO4P. The lowest BCUT2D eigenvalue weighted by Gasteiger charge is -2.45. The Bertz CT molecular complexity index is 1430. The van der Waals surface area contributed by atoms with Crippen LogP contribution in [0.3, 0.4) is 0 Å². The summed E-state index contributed by atoms with van der Waals surface area (Å²) in [6, 6.07) is 28.9. The van der Waals surface area contributed by atoms with Crippen molar-refractivity contribution in [3.05, 3.63) is 113 Å². The van der Waals surface area contributed by atoms with E-state index in [0.29, 0.717) is 12.9 Å². The molecule has 0 bridgehead atoms. The average Bonchev–Trinajstić information content (AvgIpc) is 2.92. The van der Waals surface area contributed by atoms with Gasteiger partial charge in [0.15, 0.2) is 0 Å². The summed E-state index contributed by atoms with van der Waals surface area (Å²) in [4.78, 5) is 2.10. The summed E-state index contributed by atoms with van der Waals surface area (Å²) in [6.45, 7) is 0.433. The zero-order valence-electron chi connectivity index (χ0n) is 19.5. The maximum absolute atomic E-state index is 6.71. The first-order valence-corrected chi connectivity index (χ1v) is 13.1. The number of ether oxygens (including phenoxy) is 2. The molecule has 0 N–H and O–H groups in total. The van der Waals surface area contributed by atoms with Crippen molar-refractivity contribution in [2.45, 2.75) is 12.0 Å². The summed E-state index contributed by atoms with van der Waals surface area (Å²) in [5, 5.41) is 0. The molecule has 1 unspecified atom stereocenters. The van der Waals surface area contributed by atoms with Gasteiger partial charge >= 0.3 is 0 Å². The minimum absolute atomic E-state index is 0.433. The van der Waals surface area contributed by atoms with E-state index in [1.807, 2.05) is 62.6 Å². The third-order valence-corrected chi connectivity index (χ3v) is 8.45. The second kappa shape index (κ2) is 7.82. The Morgan fingerprint density at radius 3 is 1.94 bits per heavy atom. The van der Waals surface area contributed by atoms with Crippen LogP contribution in [-0.4, -0.2) is 25.3 Å². The fourth-order valence-electron chi connectivity index (χ4n) is 5.60. The van der Waals surface area contributed by atoms with E-state index in [9.17, 15) is 0 Å². The molecule has 7 rings (SSSR count). The van der Waals surface area contributed by atoms with E-state index in [2.05, 4.69) is 41.3 Å². The van der Waals surface area contributed by atoms with Gasteiger partial charge < -0.3 is 23.4 Å². The lowest BCUT2D eigenvalue weighted by molar-refractivity contribution is 0.289. The first-order chi connectivity index (χ1) is 17.2. The zero-order chi connectivity index (χ0) is 23.6. The zero-order valence-corrected chi connectivity index (χ0v) is 20.4. The normalized spacial score (nSPS) is 20.9. The Balaban J connectivity index is 1.66. The van der Waals surface area contributed by atoms with Gasteiger partial charge in [-0.15, -0.1) is 0 Å². The van der Waals surface area contributed by atoms with E-state index in [1.54, 1.807) is 0 Å². The van der Waals surface area contributed by atoms with Crippen LogP contribution >= 0.6 is 8.38 Å². The van der Waals surface area contributed by atoms with Crippen LogP contribution in [0.2, 0.25) is 0 Å². The fraction of sp³-hybridized carbons (Fsp3) is 0.172. The Morgan fingerprint density at radius 1 is 0.686 bits per heavy atom. The van der Waals surface area contributed by atoms with Crippen molar-refractivity contribution in [3.8, 4) is 28.7 Å². The number of rotatable bonds is 2. The van der Waals surface area contributed by atoms with Crippen LogP contribution in [0.25, 0.3) is 0 Å². The second-order valence-corrected chi connectivity index (χ2v) is 10.7. The van der Waals surface area contributed by atoms with Crippen molar-refractivity contribution in [2.75, 3.05) is 20.4 Å². The van der Waals surface area contributed by atoms with E-state index >= 15 is 0 Å². The van der Waals surface area contributed by atoms with Gasteiger partial charge in [-0.3, -0.25) is 0 Å². The van der Waals surface area contributed by atoms with E-state index in [1.165, 1.54) is 0 Å². The number of nitrogens with zero attached hydrogens (tertiary/aromatic N) is 1.